The van der Waals surface area contributed by atoms with Crippen LogP contribution in [0.3, 0.4) is 0 Å². The normalized spacial score (nSPS) is 10.8. The largest absolute Gasteiger partial charge is 0.423 e. The molecule has 29 heavy (non-hydrogen) atoms. The Morgan fingerprint density at radius 3 is 2.52 bits per heavy atom. The van der Waals surface area contributed by atoms with Crippen LogP contribution in [0.2, 0.25) is 5.02 Å². The molecule has 154 valence electrons. The molecule has 5 nitrogen and oxygen atoms in total. The quantitative estimate of drug-likeness (QED) is 0.167. The van der Waals surface area contributed by atoms with Gasteiger partial charge in [0.2, 0.25) is 5.91 Å². The molecule has 6 heteroatoms. The Hall–Kier alpha value is -2.66. The van der Waals surface area contributed by atoms with Crippen LogP contribution in [0.15, 0.2) is 53.6 Å². The summed E-state index contributed by atoms with van der Waals surface area (Å²) in [5.41, 5.74) is 3.66. The van der Waals surface area contributed by atoms with Crippen LogP contribution in [-0.4, -0.2) is 18.1 Å². The van der Waals surface area contributed by atoms with E-state index >= 15 is 0 Å². The summed E-state index contributed by atoms with van der Waals surface area (Å²) in [6.45, 7) is 2.19. The molecule has 0 aliphatic carbocycles. The maximum absolute atomic E-state index is 12.2. The number of halogens is 1. The van der Waals surface area contributed by atoms with E-state index in [9.17, 15) is 9.59 Å². The Bertz CT molecular complexity index is 819. The van der Waals surface area contributed by atoms with Crippen LogP contribution >= 0.6 is 11.6 Å². The lowest BCUT2D eigenvalue weighted by atomic mass is 10.1. The fourth-order valence-electron chi connectivity index (χ4n) is 2.71. The molecule has 0 radical (unpaired) electrons. The molecular formula is C23H27ClN2O3. The SMILES string of the molecule is CCCCCCCCC(=O)N/N=C/c1cccc(OC(=O)c2ccc(Cl)cc2)c1. The van der Waals surface area contributed by atoms with Crippen molar-refractivity contribution in [3.8, 4) is 5.75 Å². The first-order chi connectivity index (χ1) is 14.1. The number of unbranched alkanes of at least 4 members (excludes halogenated alkanes) is 5. The van der Waals surface area contributed by atoms with Gasteiger partial charge in [0.15, 0.2) is 0 Å². The highest BCUT2D eigenvalue weighted by molar-refractivity contribution is 6.30. The van der Waals surface area contributed by atoms with Gasteiger partial charge < -0.3 is 4.74 Å². The summed E-state index contributed by atoms with van der Waals surface area (Å²) in [6, 6.07) is 13.4. The third kappa shape index (κ3) is 8.92. The monoisotopic (exact) mass is 414 g/mol. The molecule has 1 N–H and O–H groups in total. The van der Waals surface area contributed by atoms with E-state index < -0.39 is 5.97 Å². The van der Waals surface area contributed by atoms with Crippen molar-refractivity contribution in [2.75, 3.05) is 0 Å². The molecule has 0 fully saturated rings. The van der Waals surface area contributed by atoms with Gasteiger partial charge in [0.25, 0.3) is 0 Å². The minimum Gasteiger partial charge on any atom is -0.423 e. The van der Waals surface area contributed by atoms with Gasteiger partial charge in [-0.3, -0.25) is 4.79 Å². The van der Waals surface area contributed by atoms with E-state index in [1.165, 1.54) is 31.9 Å². The Labute approximate surface area is 177 Å². The molecule has 0 unspecified atom stereocenters. The summed E-state index contributed by atoms with van der Waals surface area (Å²) in [4.78, 5) is 24.0. The lowest BCUT2D eigenvalue weighted by Crippen LogP contribution is -2.16. The van der Waals surface area contributed by atoms with Gasteiger partial charge in [-0.25, -0.2) is 10.2 Å². The number of nitrogens with zero attached hydrogens (tertiary/aromatic N) is 1. The first kappa shape index (κ1) is 22.6. The zero-order valence-electron chi connectivity index (χ0n) is 16.7. The van der Waals surface area contributed by atoms with E-state index in [-0.39, 0.29) is 5.91 Å². The zero-order valence-corrected chi connectivity index (χ0v) is 17.5. The maximum atomic E-state index is 12.2. The number of esters is 1. The second kappa shape index (κ2) is 12.7. The number of carbonyl (C=O) groups is 2. The van der Waals surface area contributed by atoms with Crippen molar-refractivity contribution in [3.63, 3.8) is 0 Å². The maximum Gasteiger partial charge on any atom is 0.343 e. The molecule has 0 atom stereocenters. The summed E-state index contributed by atoms with van der Waals surface area (Å²) in [6.07, 6.45) is 8.82. The van der Waals surface area contributed by atoms with Gasteiger partial charge in [-0.05, 0) is 48.4 Å². The lowest BCUT2D eigenvalue weighted by molar-refractivity contribution is -0.121. The van der Waals surface area contributed by atoms with Crippen LogP contribution in [0.5, 0.6) is 5.75 Å². The fraction of sp³-hybridized carbons (Fsp3) is 0.348. The second-order valence-corrected chi connectivity index (χ2v) is 7.22. The molecule has 2 rings (SSSR count). The van der Waals surface area contributed by atoms with Crippen LogP contribution in [0.25, 0.3) is 0 Å². The van der Waals surface area contributed by atoms with Crippen molar-refractivity contribution in [1.29, 1.82) is 0 Å². The van der Waals surface area contributed by atoms with Gasteiger partial charge in [0, 0.05) is 11.4 Å². The lowest BCUT2D eigenvalue weighted by Gasteiger charge is -2.05. The summed E-state index contributed by atoms with van der Waals surface area (Å²) in [7, 11) is 0. The van der Waals surface area contributed by atoms with Crippen molar-refractivity contribution in [3.05, 3.63) is 64.7 Å². The Balaban J connectivity index is 1.77. The van der Waals surface area contributed by atoms with Crippen molar-refractivity contribution in [2.45, 2.75) is 51.9 Å². The molecule has 1 amide bonds. The number of ether oxygens (including phenoxy) is 1. The van der Waals surface area contributed by atoms with E-state index in [0.29, 0.717) is 28.3 Å². The van der Waals surface area contributed by atoms with Crippen LogP contribution in [-0.2, 0) is 4.79 Å². The number of carbonyl (C=O) groups excluding carboxylic acids is 2. The highest BCUT2D eigenvalue weighted by Crippen LogP contribution is 2.16. The van der Waals surface area contributed by atoms with Gasteiger partial charge in [0.1, 0.15) is 5.75 Å². The van der Waals surface area contributed by atoms with E-state index in [0.717, 1.165) is 12.8 Å². The van der Waals surface area contributed by atoms with Gasteiger partial charge in [-0.15, -0.1) is 0 Å². The predicted molar refractivity (Wildman–Crippen MR) is 117 cm³/mol. The Kier molecular flexibility index (Phi) is 9.93. The molecular weight excluding hydrogens is 388 g/mol. The predicted octanol–water partition coefficient (Wildman–Crippen LogP) is 5.76. The summed E-state index contributed by atoms with van der Waals surface area (Å²) >= 11 is 5.83. The third-order valence-electron chi connectivity index (χ3n) is 4.31. The van der Waals surface area contributed by atoms with Gasteiger partial charge >= 0.3 is 5.97 Å². The first-order valence-corrected chi connectivity index (χ1v) is 10.4. The Morgan fingerprint density at radius 1 is 1.03 bits per heavy atom. The zero-order chi connectivity index (χ0) is 20.9. The van der Waals surface area contributed by atoms with Gasteiger partial charge in [-0.2, -0.15) is 5.10 Å². The van der Waals surface area contributed by atoms with Crippen LogP contribution in [0.4, 0.5) is 0 Å². The molecule has 0 heterocycles. The number of rotatable bonds is 11. The molecule has 0 aliphatic rings. The van der Waals surface area contributed by atoms with E-state index in [1.54, 1.807) is 42.5 Å². The van der Waals surface area contributed by atoms with Crippen LogP contribution in [0.1, 0.15) is 67.8 Å². The van der Waals surface area contributed by atoms with E-state index in [2.05, 4.69) is 17.5 Å². The standard InChI is InChI=1S/C23H27ClN2O3/c1-2-3-4-5-6-7-11-22(27)26-25-17-18-9-8-10-21(16-18)29-23(28)19-12-14-20(24)15-13-19/h8-10,12-17H,2-7,11H2,1H3,(H,26,27)/b25-17+. The average molecular weight is 415 g/mol. The summed E-state index contributed by atoms with van der Waals surface area (Å²) < 4.78 is 5.37. The molecule has 0 aliphatic heterocycles. The summed E-state index contributed by atoms with van der Waals surface area (Å²) in [5, 5.41) is 4.53. The molecule has 0 spiro atoms. The third-order valence-corrected chi connectivity index (χ3v) is 4.56. The first-order valence-electron chi connectivity index (χ1n) is 9.98. The number of nitrogens with one attached hydrogen (secondary N) is 1. The van der Waals surface area contributed by atoms with Gasteiger partial charge in [-0.1, -0.05) is 62.8 Å². The van der Waals surface area contributed by atoms with Crippen molar-refractivity contribution in [1.82, 2.24) is 5.43 Å². The molecule has 2 aromatic carbocycles. The minimum atomic E-state index is -0.469. The van der Waals surface area contributed by atoms with Crippen LogP contribution < -0.4 is 10.2 Å². The Morgan fingerprint density at radius 2 is 1.76 bits per heavy atom. The molecule has 0 saturated carbocycles. The molecule has 0 bridgehead atoms. The van der Waals surface area contributed by atoms with Crippen LogP contribution in [0, 0.1) is 0 Å². The average Bonchev–Trinajstić information content (AvgIpc) is 2.71. The number of benzene rings is 2. The minimum absolute atomic E-state index is 0.0953. The van der Waals surface area contributed by atoms with E-state index in [4.69, 9.17) is 16.3 Å². The van der Waals surface area contributed by atoms with Crippen molar-refractivity contribution >= 4 is 29.7 Å². The number of hydrazone groups is 1. The smallest absolute Gasteiger partial charge is 0.343 e. The van der Waals surface area contributed by atoms with Gasteiger partial charge in [0.05, 0.1) is 11.8 Å². The number of amides is 1. The molecule has 0 saturated heterocycles. The number of hydrogen-bond acceptors (Lipinski definition) is 4. The highest BCUT2D eigenvalue weighted by Gasteiger charge is 2.08. The summed E-state index contributed by atoms with van der Waals surface area (Å²) in [5.74, 6) is -0.169. The highest BCUT2D eigenvalue weighted by atomic mass is 35.5. The molecule has 0 aromatic heterocycles. The fourth-order valence-corrected chi connectivity index (χ4v) is 2.84. The second-order valence-electron chi connectivity index (χ2n) is 6.78. The van der Waals surface area contributed by atoms with Crippen molar-refractivity contribution in [2.24, 2.45) is 5.10 Å². The number of hydrogen-bond donors (Lipinski definition) is 1. The van der Waals surface area contributed by atoms with Crippen molar-refractivity contribution < 1.29 is 14.3 Å². The topological polar surface area (TPSA) is 67.8 Å². The van der Waals surface area contributed by atoms with E-state index in [1.807, 2.05) is 6.07 Å². The molecule has 2 aromatic rings.